The molecule has 0 bridgehead atoms. The van der Waals surface area contributed by atoms with Crippen LogP contribution in [0.15, 0.2) is 27.1 Å². The molecule has 0 aliphatic rings. The lowest BCUT2D eigenvalue weighted by Crippen LogP contribution is -2.03. The minimum atomic E-state index is 0.720. The average molecular weight is 323 g/mol. The minimum Gasteiger partial charge on any atom is -0.492 e. The van der Waals surface area contributed by atoms with Crippen LogP contribution in [0.2, 0.25) is 0 Å². The molecule has 4 heteroatoms. The maximum atomic E-state index is 5.57. The molecular formula is C10H13Br2NO. The van der Waals surface area contributed by atoms with E-state index >= 15 is 0 Å². The molecule has 0 aliphatic carbocycles. The summed E-state index contributed by atoms with van der Waals surface area (Å²) in [7, 11) is 0. The van der Waals surface area contributed by atoms with Gasteiger partial charge in [0.1, 0.15) is 5.75 Å². The third kappa shape index (κ3) is 3.98. The van der Waals surface area contributed by atoms with Gasteiger partial charge in [-0.1, -0.05) is 15.9 Å². The van der Waals surface area contributed by atoms with E-state index in [0.717, 1.165) is 40.7 Å². The summed E-state index contributed by atoms with van der Waals surface area (Å²) in [5.74, 6) is 0.880. The molecular weight excluding hydrogens is 310 g/mol. The largest absolute Gasteiger partial charge is 0.492 e. The Labute approximate surface area is 101 Å². The zero-order valence-corrected chi connectivity index (χ0v) is 11.0. The van der Waals surface area contributed by atoms with Crippen LogP contribution in [-0.4, -0.2) is 13.2 Å². The Morgan fingerprint density at radius 1 is 1.21 bits per heavy atom. The number of nitrogens with two attached hydrogens (primary N) is 1. The van der Waals surface area contributed by atoms with Crippen LogP contribution in [0, 0.1) is 0 Å². The molecule has 2 nitrogen and oxygen atoms in total. The van der Waals surface area contributed by atoms with Gasteiger partial charge < -0.3 is 10.5 Å². The van der Waals surface area contributed by atoms with Gasteiger partial charge in [-0.2, -0.15) is 0 Å². The Morgan fingerprint density at radius 2 is 2.00 bits per heavy atom. The van der Waals surface area contributed by atoms with Gasteiger partial charge in [0, 0.05) is 4.47 Å². The standard InChI is InChI=1S/C10H13Br2NO/c11-8-3-4-10(9(12)7-8)14-6-2-1-5-13/h3-4,7H,1-2,5-6,13H2. The van der Waals surface area contributed by atoms with Gasteiger partial charge in [0.2, 0.25) is 0 Å². The van der Waals surface area contributed by atoms with E-state index < -0.39 is 0 Å². The predicted molar refractivity (Wildman–Crippen MR) is 65.6 cm³/mol. The van der Waals surface area contributed by atoms with Gasteiger partial charge in [-0.15, -0.1) is 0 Å². The average Bonchev–Trinajstić information content (AvgIpc) is 2.15. The van der Waals surface area contributed by atoms with Crippen LogP contribution in [-0.2, 0) is 0 Å². The molecule has 0 aromatic heterocycles. The van der Waals surface area contributed by atoms with E-state index in [9.17, 15) is 0 Å². The second kappa shape index (κ2) is 6.43. The van der Waals surface area contributed by atoms with Gasteiger partial charge in [-0.25, -0.2) is 0 Å². The van der Waals surface area contributed by atoms with Crippen molar-refractivity contribution in [3.63, 3.8) is 0 Å². The van der Waals surface area contributed by atoms with E-state index in [2.05, 4.69) is 31.9 Å². The third-order valence-electron chi connectivity index (χ3n) is 1.75. The van der Waals surface area contributed by atoms with E-state index in [-0.39, 0.29) is 0 Å². The highest BCUT2D eigenvalue weighted by atomic mass is 79.9. The fraction of sp³-hybridized carbons (Fsp3) is 0.400. The maximum Gasteiger partial charge on any atom is 0.133 e. The van der Waals surface area contributed by atoms with Gasteiger partial charge in [0.05, 0.1) is 11.1 Å². The number of rotatable bonds is 5. The molecule has 1 aromatic carbocycles. The number of benzene rings is 1. The van der Waals surface area contributed by atoms with Crippen molar-refractivity contribution in [1.29, 1.82) is 0 Å². The molecule has 1 aromatic rings. The normalized spacial score (nSPS) is 10.2. The Morgan fingerprint density at radius 3 is 2.64 bits per heavy atom. The monoisotopic (exact) mass is 321 g/mol. The lowest BCUT2D eigenvalue weighted by molar-refractivity contribution is 0.306. The van der Waals surface area contributed by atoms with Crippen molar-refractivity contribution in [3.05, 3.63) is 27.1 Å². The number of hydrogen-bond acceptors (Lipinski definition) is 2. The first-order valence-corrected chi connectivity index (χ1v) is 6.10. The lowest BCUT2D eigenvalue weighted by atomic mass is 10.3. The second-order valence-electron chi connectivity index (χ2n) is 2.92. The number of halogens is 2. The van der Waals surface area contributed by atoms with Crippen LogP contribution in [0.3, 0.4) is 0 Å². The highest BCUT2D eigenvalue weighted by Crippen LogP contribution is 2.28. The molecule has 0 amide bonds. The molecule has 0 fully saturated rings. The fourth-order valence-electron chi connectivity index (χ4n) is 1.02. The first-order chi connectivity index (χ1) is 6.74. The Bertz CT molecular complexity index is 291. The molecule has 0 heterocycles. The summed E-state index contributed by atoms with van der Waals surface area (Å²) in [5, 5.41) is 0. The molecule has 0 aliphatic heterocycles. The van der Waals surface area contributed by atoms with Gasteiger partial charge >= 0.3 is 0 Å². The van der Waals surface area contributed by atoms with Crippen LogP contribution in [0.5, 0.6) is 5.75 Å². The van der Waals surface area contributed by atoms with Gasteiger partial charge in [-0.3, -0.25) is 0 Å². The zero-order valence-electron chi connectivity index (χ0n) is 7.80. The van der Waals surface area contributed by atoms with E-state index in [1.807, 2.05) is 18.2 Å². The minimum absolute atomic E-state index is 0.720. The van der Waals surface area contributed by atoms with Crippen LogP contribution in [0.1, 0.15) is 12.8 Å². The summed E-state index contributed by atoms with van der Waals surface area (Å²) in [6, 6.07) is 5.87. The molecule has 0 saturated heterocycles. The Hall–Kier alpha value is -0.0600. The third-order valence-corrected chi connectivity index (χ3v) is 2.86. The summed E-state index contributed by atoms with van der Waals surface area (Å²) < 4.78 is 7.58. The Kier molecular flexibility index (Phi) is 5.52. The van der Waals surface area contributed by atoms with E-state index in [0.29, 0.717) is 0 Å². The molecule has 2 N–H and O–H groups in total. The summed E-state index contributed by atoms with van der Waals surface area (Å²) >= 11 is 6.82. The van der Waals surface area contributed by atoms with Crippen molar-refractivity contribution in [2.45, 2.75) is 12.8 Å². The second-order valence-corrected chi connectivity index (χ2v) is 4.69. The molecule has 1 rings (SSSR count). The summed E-state index contributed by atoms with van der Waals surface area (Å²) in [5.41, 5.74) is 5.39. The van der Waals surface area contributed by atoms with Crippen molar-refractivity contribution in [3.8, 4) is 5.75 Å². The predicted octanol–water partition coefficient (Wildman–Crippen LogP) is 3.33. The lowest BCUT2D eigenvalue weighted by Gasteiger charge is -2.07. The molecule has 0 unspecified atom stereocenters. The van der Waals surface area contributed by atoms with Crippen molar-refractivity contribution >= 4 is 31.9 Å². The number of ether oxygens (including phenoxy) is 1. The smallest absolute Gasteiger partial charge is 0.133 e. The van der Waals surface area contributed by atoms with E-state index in [4.69, 9.17) is 10.5 Å². The van der Waals surface area contributed by atoms with Crippen molar-refractivity contribution in [1.82, 2.24) is 0 Å². The SMILES string of the molecule is NCCCCOc1ccc(Br)cc1Br. The van der Waals surface area contributed by atoms with Gasteiger partial charge in [-0.05, 0) is 53.5 Å². The highest BCUT2D eigenvalue weighted by Gasteiger charge is 2.00. The first-order valence-electron chi connectivity index (χ1n) is 4.52. The number of unbranched alkanes of at least 4 members (excludes halogenated alkanes) is 1. The van der Waals surface area contributed by atoms with E-state index in [1.54, 1.807) is 0 Å². The van der Waals surface area contributed by atoms with Crippen molar-refractivity contribution in [2.24, 2.45) is 5.73 Å². The molecule has 0 atom stereocenters. The van der Waals surface area contributed by atoms with E-state index in [1.165, 1.54) is 0 Å². The molecule has 0 saturated carbocycles. The van der Waals surface area contributed by atoms with Gasteiger partial charge in [0.25, 0.3) is 0 Å². The van der Waals surface area contributed by atoms with Crippen LogP contribution < -0.4 is 10.5 Å². The summed E-state index contributed by atoms with van der Waals surface area (Å²) in [6.07, 6.45) is 2.01. The number of hydrogen-bond donors (Lipinski definition) is 1. The summed E-state index contributed by atoms with van der Waals surface area (Å²) in [4.78, 5) is 0. The van der Waals surface area contributed by atoms with Crippen LogP contribution in [0.25, 0.3) is 0 Å². The highest BCUT2D eigenvalue weighted by molar-refractivity contribution is 9.11. The quantitative estimate of drug-likeness (QED) is 0.844. The first kappa shape index (κ1) is 12.0. The van der Waals surface area contributed by atoms with Crippen LogP contribution >= 0.6 is 31.9 Å². The molecule has 0 spiro atoms. The molecule has 14 heavy (non-hydrogen) atoms. The fourth-order valence-corrected chi connectivity index (χ4v) is 2.18. The van der Waals surface area contributed by atoms with Crippen LogP contribution in [0.4, 0.5) is 0 Å². The zero-order chi connectivity index (χ0) is 10.4. The summed E-state index contributed by atoms with van der Waals surface area (Å²) in [6.45, 7) is 1.45. The Balaban J connectivity index is 2.42. The molecule has 0 radical (unpaired) electrons. The topological polar surface area (TPSA) is 35.2 Å². The van der Waals surface area contributed by atoms with Gasteiger partial charge in [0.15, 0.2) is 0 Å². The molecule has 78 valence electrons. The van der Waals surface area contributed by atoms with Crippen molar-refractivity contribution < 1.29 is 4.74 Å². The van der Waals surface area contributed by atoms with Crippen molar-refractivity contribution in [2.75, 3.05) is 13.2 Å². The maximum absolute atomic E-state index is 5.57.